The monoisotopic (exact) mass is 229 g/mol. The van der Waals surface area contributed by atoms with E-state index in [1.165, 1.54) is 11.3 Å². The Morgan fingerprint density at radius 3 is 2.93 bits per heavy atom. The smallest absolute Gasteiger partial charge is 0.309 e. The molecule has 0 aliphatic rings. The van der Waals surface area contributed by atoms with E-state index >= 15 is 0 Å². The molecule has 1 atom stereocenters. The Morgan fingerprint density at radius 2 is 2.40 bits per heavy atom. The topological polar surface area (TPSA) is 105 Å². The number of carboxylic acid groups (broad SMARTS) is 1. The van der Waals surface area contributed by atoms with Crippen molar-refractivity contribution in [1.29, 1.82) is 0 Å². The molecule has 82 valence electrons. The maximum Gasteiger partial charge on any atom is 0.309 e. The second-order valence-electron chi connectivity index (χ2n) is 2.98. The Labute approximate surface area is 90.1 Å². The minimum Gasteiger partial charge on any atom is -0.481 e. The van der Waals surface area contributed by atoms with Crippen LogP contribution in [0, 0.1) is 0 Å². The van der Waals surface area contributed by atoms with Crippen molar-refractivity contribution in [3.8, 4) is 0 Å². The molecule has 1 amide bonds. The SMILES string of the molecule is CC(Nc1nc(CC(=O)O)cs1)C(N)=O. The number of carbonyl (C=O) groups excluding carboxylic acids is 1. The van der Waals surface area contributed by atoms with Gasteiger partial charge in [0.15, 0.2) is 5.13 Å². The Kier molecular flexibility index (Phi) is 3.62. The van der Waals surface area contributed by atoms with Crippen LogP contribution in [0.25, 0.3) is 0 Å². The number of anilines is 1. The van der Waals surface area contributed by atoms with Crippen LogP contribution in [-0.4, -0.2) is 28.0 Å². The van der Waals surface area contributed by atoms with Crippen LogP contribution in [0.2, 0.25) is 0 Å². The van der Waals surface area contributed by atoms with E-state index in [0.717, 1.165) is 0 Å². The van der Waals surface area contributed by atoms with Gasteiger partial charge in [0.25, 0.3) is 0 Å². The number of hydrogen-bond donors (Lipinski definition) is 3. The second-order valence-corrected chi connectivity index (χ2v) is 3.84. The number of carbonyl (C=O) groups is 2. The molecular weight excluding hydrogens is 218 g/mol. The summed E-state index contributed by atoms with van der Waals surface area (Å²) in [6, 6.07) is -0.520. The lowest BCUT2D eigenvalue weighted by Crippen LogP contribution is -2.32. The van der Waals surface area contributed by atoms with Crippen LogP contribution in [0.4, 0.5) is 5.13 Å². The summed E-state index contributed by atoms with van der Waals surface area (Å²) in [7, 11) is 0. The van der Waals surface area contributed by atoms with E-state index in [9.17, 15) is 9.59 Å². The van der Waals surface area contributed by atoms with E-state index < -0.39 is 17.9 Å². The van der Waals surface area contributed by atoms with Gasteiger partial charge < -0.3 is 16.2 Å². The van der Waals surface area contributed by atoms with Gasteiger partial charge in [-0.15, -0.1) is 11.3 Å². The Morgan fingerprint density at radius 1 is 1.73 bits per heavy atom. The first-order valence-corrected chi connectivity index (χ1v) is 5.09. The van der Waals surface area contributed by atoms with E-state index in [2.05, 4.69) is 10.3 Å². The van der Waals surface area contributed by atoms with E-state index in [1.807, 2.05) is 0 Å². The number of rotatable bonds is 5. The number of aromatic nitrogens is 1. The number of thiazole rings is 1. The second kappa shape index (κ2) is 4.74. The molecule has 0 fully saturated rings. The van der Waals surface area contributed by atoms with Gasteiger partial charge in [0.1, 0.15) is 6.04 Å². The fourth-order valence-electron chi connectivity index (χ4n) is 0.866. The van der Waals surface area contributed by atoms with Gasteiger partial charge in [0.05, 0.1) is 12.1 Å². The predicted molar refractivity (Wildman–Crippen MR) is 55.7 cm³/mol. The first-order chi connectivity index (χ1) is 6.99. The average molecular weight is 229 g/mol. The fourth-order valence-corrected chi connectivity index (χ4v) is 1.66. The molecule has 0 aliphatic heterocycles. The lowest BCUT2D eigenvalue weighted by Gasteiger charge is -2.07. The van der Waals surface area contributed by atoms with Crippen LogP contribution < -0.4 is 11.1 Å². The zero-order chi connectivity index (χ0) is 11.4. The number of hydrogen-bond acceptors (Lipinski definition) is 5. The summed E-state index contributed by atoms with van der Waals surface area (Å²) in [6.07, 6.45) is -0.122. The van der Waals surface area contributed by atoms with Crippen LogP contribution in [0.1, 0.15) is 12.6 Å². The number of nitrogens with one attached hydrogen (secondary N) is 1. The van der Waals surface area contributed by atoms with Crippen molar-refractivity contribution >= 4 is 28.3 Å². The van der Waals surface area contributed by atoms with Crippen molar-refractivity contribution < 1.29 is 14.7 Å². The van der Waals surface area contributed by atoms with Crippen molar-refractivity contribution in [2.75, 3.05) is 5.32 Å². The maximum atomic E-state index is 10.7. The molecule has 0 saturated carbocycles. The summed E-state index contributed by atoms with van der Waals surface area (Å²) in [5, 5.41) is 13.4. The lowest BCUT2D eigenvalue weighted by atomic mass is 10.3. The van der Waals surface area contributed by atoms with Crippen molar-refractivity contribution in [1.82, 2.24) is 4.98 Å². The molecule has 0 spiro atoms. The van der Waals surface area contributed by atoms with Crippen molar-refractivity contribution in [2.45, 2.75) is 19.4 Å². The lowest BCUT2D eigenvalue weighted by molar-refractivity contribution is -0.136. The normalized spacial score (nSPS) is 12.1. The van der Waals surface area contributed by atoms with Crippen molar-refractivity contribution in [3.63, 3.8) is 0 Å². The highest BCUT2D eigenvalue weighted by Crippen LogP contribution is 2.16. The standard InChI is InChI=1S/C8H11N3O3S/c1-4(7(9)14)10-8-11-5(3-15-8)2-6(12)13/h3-4H,2H2,1H3,(H2,9,14)(H,10,11)(H,12,13). The molecule has 15 heavy (non-hydrogen) atoms. The quantitative estimate of drug-likeness (QED) is 0.662. The third-order valence-corrected chi connectivity index (χ3v) is 2.47. The summed E-state index contributed by atoms with van der Waals surface area (Å²) in [5.41, 5.74) is 5.52. The molecule has 0 radical (unpaired) electrons. The molecule has 0 bridgehead atoms. The molecular formula is C8H11N3O3S. The van der Waals surface area contributed by atoms with E-state index in [4.69, 9.17) is 10.8 Å². The van der Waals surface area contributed by atoms with Gasteiger partial charge >= 0.3 is 5.97 Å². The Hall–Kier alpha value is -1.63. The highest BCUT2D eigenvalue weighted by atomic mass is 32.1. The van der Waals surface area contributed by atoms with Crippen LogP contribution in [-0.2, 0) is 16.0 Å². The summed E-state index contributed by atoms with van der Waals surface area (Å²) >= 11 is 1.24. The molecule has 1 heterocycles. The highest BCUT2D eigenvalue weighted by Gasteiger charge is 2.11. The van der Waals surface area contributed by atoms with Gasteiger partial charge in [0.2, 0.25) is 5.91 Å². The summed E-state index contributed by atoms with van der Waals surface area (Å²) in [6.45, 7) is 1.61. The number of aliphatic carboxylic acids is 1. The maximum absolute atomic E-state index is 10.7. The molecule has 4 N–H and O–H groups in total. The first kappa shape index (κ1) is 11.4. The molecule has 1 aromatic rings. The van der Waals surface area contributed by atoms with Crippen LogP contribution in [0.3, 0.4) is 0 Å². The molecule has 6 nitrogen and oxygen atoms in total. The molecule has 0 aliphatic carbocycles. The summed E-state index contributed by atoms with van der Waals surface area (Å²) < 4.78 is 0. The average Bonchev–Trinajstić information content (AvgIpc) is 2.51. The molecule has 1 unspecified atom stereocenters. The molecule has 1 rings (SSSR count). The zero-order valence-electron chi connectivity index (χ0n) is 8.06. The first-order valence-electron chi connectivity index (χ1n) is 4.21. The third kappa shape index (κ3) is 3.55. The van der Waals surface area contributed by atoms with Crippen molar-refractivity contribution in [3.05, 3.63) is 11.1 Å². The Balaban J connectivity index is 2.60. The zero-order valence-corrected chi connectivity index (χ0v) is 8.87. The van der Waals surface area contributed by atoms with Crippen molar-refractivity contribution in [2.24, 2.45) is 5.73 Å². The summed E-state index contributed by atoms with van der Waals surface area (Å²) in [4.78, 5) is 25.1. The van der Waals surface area contributed by atoms with Crippen LogP contribution >= 0.6 is 11.3 Å². The molecule has 0 aromatic carbocycles. The van der Waals surface area contributed by atoms with Gasteiger partial charge in [-0.3, -0.25) is 9.59 Å². The molecule has 0 saturated heterocycles. The largest absolute Gasteiger partial charge is 0.481 e. The number of nitrogens with zero attached hydrogens (tertiary/aromatic N) is 1. The number of primary amides is 1. The molecule has 7 heteroatoms. The van der Waals surface area contributed by atoms with Gasteiger partial charge in [0, 0.05) is 5.38 Å². The van der Waals surface area contributed by atoms with Gasteiger partial charge in [-0.05, 0) is 6.92 Å². The minimum atomic E-state index is -0.935. The number of nitrogens with two attached hydrogens (primary N) is 1. The van der Waals surface area contributed by atoms with E-state index in [0.29, 0.717) is 10.8 Å². The van der Waals surface area contributed by atoms with E-state index in [1.54, 1.807) is 12.3 Å². The molecule has 1 aromatic heterocycles. The van der Waals surface area contributed by atoms with Gasteiger partial charge in [-0.1, -0.05) is 0 Å². The van der Waals surface area contributed by atoms with E-state index in [-0.39, 0.29) is 6.42 Å². The predicted octanol–water partition coefficient (Wildman–Crippen LogP) is 0.0559. The van der Waals surface area contributed by atoms with Crippen LogP contribution in [0.5, 0.6) is 0 Å². The number of carboxylic acids is 1. The summed E-state index contributed by atoms with van der Waals surface area (Å²) in [5.74, 6) is -1.42. The highest BCUT2D eigenvalue weighted by molar-refractivity contribution is 7.13. The van der Waals surface area contributed by atoms with Gasteiger partial charge in [-0.25, -0.2) is 4.98 Å². The third-order valence-electron chi connectivity index (χ3n) is 1.65. The number of amides is 1. The Bertz CT molecular complexity index is 377. The fraction of sp³-hybridized carbons (Fsp3) is 0.375. The van der Waals surface area contributed by atoms with Gasteiger partial charge in [-0.2, -0.15) is 0 Å². The minimum absolute atomic E-state index is 0.122. The van der Waals surface area contributed by atoms with Crippen LogP contribution in [0.15, 0.2) is 5.38 Å².